The van der Waals surface area contributed by atoms with Crippen molar-refractivity contribution in [3.05, 3.63) is 53.2 Å². The van der Waals surface area contributed by atoms with Crippen LogP contribution in [0.2, 0.25) is 0 Å². The summed E-state index contributed by atoms with van der Waals surface area (Å²) in [6, 6.07) is 8.94. The Balaban J connectivity index is 1.44. The van der Waals surface area contributed by atoms with Gasteiger partial charge in [0.05, 0.1) is 18.4 Å². The van der Waals surface area contributed by atoms with Crippen molar-refractivity contribution in [1.29, 1.82) is 0 Å². The Morgan fingerprint density at radius 1 is 1.25 bits per heavy atom. The topological polar surface area (TPSA) is 71.4 Å². The monoisotopic (exact) mass is 322 g/mol. The van der Waals surface area contributed by atoms with E-state index in [9.17, 15) is 0 Å². The third kappa shape index (κ3) is 2.97. The molecule has 0 radical (unpaired) electrons. The minimum Gasteiger partial charge on any atom is -0.308 e. The van der Waals surface area contributed by atoms with Crippen molar-refractivity contribution in [3.63, 3.8) is 0 Å². The molecule has 0 saturated heterocycles. The lowest BCUT2D eigenvalue weighted by molar-refractivity contribution is 0.358. The van der Waals surface area contributed by atoms with Crippen molar-refractivity contribution in [2.45, 2.75) is 45.8 Å². The number of aryl methyl sites for hydroxylation is 3. The van der Waals surface area contributed by atoms with Crippen molar-refractivity contribution < 1.29 is 0 Å². The van der Waals surface area contributed by atoms with Gasteiger partial charge in [-0.1, -0.05) is 29.8 Å². The van der Waals surface area contributed by atoms with Gasteiger partial charge in [0.15, 0.2) is 0 Å². The Kier molecular flexibility index (Phi) is 3.90. The molecule has 2 aromatic heterocycles. The molecule has 6 nitrogen and oxygen atoms in total. The van der Waals surface area contributed by atoms with Crippen LogP contribution in [0.25, 0.3) is 11.3 Å². The highest BCUT2D eigenvalue weighted by Crippen LogP contribution is 2.22. The van der Waals surface area contributed by atoms with E-state index < -0.39 is 0 Å². The summed E-state index contributed by atoms with van der Waals surface area (Å²) in [4.78, 5) is 4.47. The number of H-pyrrole nitrogens is 1. The van der Waals surface area contributed by atoms with E-state index in [2.05, 4.69) is 56.8 Å². The Morgan fingerprint density at radius 2 is 2.08 bits per heavy atom. The zero-order valence-electron chi connectivity index (χ0n) is 14.1. The van der Waals surface area contributed by atoms with Gasteiger partial charge in [-0.05, 0) is 25.8 Å². The van der Waals surface area contributed by atoms with Crippen LogP contribution < -0.4 is 5.32 Å². The summed E-state index contributed by atoms with van der Waals surface area (Å²) >= 11 is 0. The van der Waals surface area contributed by atoms with Crippen LogP contribution in [0.1, 0.15) is 29.2 Å². The van der Waals surface area contributed by atoms with Gasteiger partial charge in [-0.3, -0.25) is 5.10 Å². The Morgan fingerprint density at radius 3 is 2.92 bits per heavy atom. The van der Waals surface area contributed by atoms with Crippen LogP contribution in [-0.4, -0.2) is 31.0 Å². The SMILES string of the molecule is Cc1ccc(-c2[nH]ncc2CN[C@H]2CCc3nc(C)nn3C2)cc1. The maximum absolute atomic E-state index is 4.47. The first-order valence-corrected chi connectivity index (χ1v) is 8.42. The number of aromatic amines is 1. The molecule has 0 saturated carbocycles. The van der Waals surface area contributed by atoms with Crippen molar-refractivity contribution in [1.82, 2.24) is 30.3 Å². The fraction of sp³-hybridized carbons (Fsp3) is 0.389. The average molecular weight is 322 g/mol. The van der Waals surface area contributed by atoms with Crippen LogP contribution >= 0.6 is 0 Å². The number of hydrogen-bond acceptors (Lipinski definition) is 4. The average Bonchev–Trinajstić information content (AvgIpc) is 3.18. The predicted molar refractivity (Wildman–Crippen MR) is 92.5 cm³/mol. The molecule has 1 aliphatic heterocycles. The van der Waals surface area contributed by atoms with E-state index in [1.165, 1.54) is 16.7 Å². The zero-order valence-corrected chi connectivity index (χ0v) is 14.1. The molecule has 0 aliphatic carbocycles. The molecule has 3 heterocycles. The highest BCUT2D eigenvalue weighted by atomic mass is 15.4. The van der Waals surface area contributed by atoms with Gasteiger partial charge in [0.2, 0.25) is 0 Å². The minimum absolute atomic E-state index is 0.416. The van der Waals surface area contributed by atoms with E-state index >= 15 is 0 Å². The molecule has 2 N–H and O–H groups in total. The van der Waals surface area contributed by atoms with Crippen molar-refractivity contribution >= 4 is 0 Å². The first kappa shape index (κ1) is 15.1. The molecule has 3 aromatic rings. The first-order valence-electron chi connectivity index (χ1n) is 8.42. The number of nitrogens with one attached hydrogen (secondary N) is 2. The Hall–Kier alpha value is -2.47. The minimum atomic E-state index is 0.416. The largest absolute Gasteiger partial charge is 0.308 e. The zero-order chi connectivity index (χ0) is 16.5. The van der Waals surface area contributed by atoms with Crippen molar-refractivity contribution in [2.24, 2.45) is 0 Å². The Labute approximate surface area is 141 Å². The van der Waals surface area contributed by atoms with Crippen LogP contribution in [0, 0.1) is 13.8 Å². The van der Waals surface area contributed by atoms with Crippen LogP contribution in [0.5, 0.6) is 0 Å². The smallest absolute Gasteiger partial charge is 0.147 e. The maximum atomic E-state index is 4.47. The van der Waals surface area contributed by atoms with Crippen molar-refractivity contribution in [2.75, 3.05) is 0 Å². The fourth-order valence-electron chi connectivity index (χ4n) is 3.27. The second-order valence-corrected chi connectivity index (χ2v) is 6.51. The van der Waals surface area contributed by atoms with Gasteiger partial charge in [0.25, 0.3) is 0 Å². The number of aromatic nitrogens is 5. The van der Waals surface area contributed by atoms with E-state index in [-0.39, 0.29) is 0 Å². The standard InChI is InChI=1S/C18H22N6/c1-12-3-5-14(6-4-12)18-15(10-20-22-18)9-19-16-7-8-17-21-13(2)23-24(17)11-16/h3-6,10,16,19H,7-9,11H2,1-2H3,(H,20,22)/t16-/m0/s1. The molecule has 1 aliphatic rings. The fourth-order valence-corrected chi connectivity index (χ4v) is 3.27. The van der Waals surface area contributed by atoms with Gasteiger partial charge in [-0.2, -0.15) is 10.2 Å². The number of benzene rings is 1. The summed E-state index contributed by atoms with van der Waals surface area (Å²) < 4.78 is 2.03. The van der Waals surface area contributed by atoms with Gasteiger partial charge in [0.1, 0.15) is 11.6 Å². The molecule has 0 amide bonds. The Bertz CT molecular complexity index is 830. The van der Waals surface area contributed by atoms with Crippen LogP contribution in [0.4, 0.5) is 0 Å². The molecule has 0 bridgehead atoms. The predicted octanol–water partition coefficient (Wildman–Crippen LogP) is 2.39. The van der Waals surface area contributed by atoms with Crippen LogP contribution in [0.3, 0.4) is 0 Å². The molecule has 124 valence electrons. The molecule has 24 heavy (non-hydrogen) atoms. The normalized spacial score (nSPS) is 17.0. The van der Waals surface area contributed by atoms with Crippen LogP contribution in [0.15, 0.2) is 30.5 Å². The van der Waals surface area contributed by atoms with E-state index in [4.69, 9.17) is 0 Å². The van der Waals surface area contributed by atoms with Crippen LogP contribution in [-0.2, 0) is 19.5 Å². The highest BCUT2D eigenvalue weighted by Gasteiger charge is 2.21. The highest BCUT2D eigenvalue weighted by molar-refractivity contribution is 5.62. The number of nitrogens with zero attached hydrogens (tertiary/aromatic N) is 4. The molecule has 0 fully saturated rings. The van der Waals surface area contributed by atoms with Crippen molar-refractivity contribution in [3.8, 4) is 11.3 Å². The lowest BCUT2D eigenvalue weighted by Gasteiger charge is -2.23. The lowest BCUT2D eigenvalue weighted by Crippen LogP contribution is -2.37. The third-order valence-corrected chi connectivity index (χ3v) is 4.60. The van der Waals surface area contributed by atoms with E-state index in [1.54, 1.807) is 0 Å². The van der Waals surface area contributed by atoms with Gasteiger partial charge in [-0.25, -0.2) is 9.67 Å². The number of rotatable bonds is 4. The lowest BCUT2D eigenvalue weighted by atomic mass is 10.0. The van der Waals surface area contributed by atoms with Gasteiger partial charge in [0, 0.05) is 24.6 Å². The summed E-state index contributed by atoms with van der Waals surface area (Å²) in [7, 11) is 0. The second-order valence-electron chi connectivity index (χ2n) is 6.51. The second kappa shape index (κ2) is 6.20. The first-order chi connectivity index (χ1) is 11.7. The molecular weight excluding hydrogens is 300 g/mol. The summed E-state index contributed by atoms with van der Waals surface area (Å²) in [5.41, 5.74) is 4.72. The summed E-state index contributed by atoms with van der Waals surface area (Å²) in [5, 5.41) is 15.5. The number of hydrogen-bond donors (Lipinski definition) is 2. The molecule has 0 spiro atoms. The summed E-state index contributed by atoms with van der Waals surface area (Å²) in [6.07, 6.45) is 3.99. The van der Waals surface area contributed by atoms with Gasteiger partial charge in [-0.15, -0.1) is 0 Å². The summed E-state index contributed by atoms with van der Waals surface area (Å²) in [6.45, 7) is 5.73. The molecule has 1 aromatic carbocycles. The van der Waals surface area contributed by atoms with E-state index in [1.807, 2.05) is 17.8 Å². The molecule has 6 heteroatoms. The summed E-state index contributed by atoms with van der Waals surface area (Å²) in [5.74, 6) is 1.97. The van der Waals surface area contributed by atoms with Gasteiger partial charge >= 0.3 is 0 Å². The van der Waals surface area contributed by atoms with Gasteiger partial charge < -0.3 is 5.32 Å². The maximum Gasteiger partial charge on any atom is 0.147 e. The van der Waals surface area contributed by atoms with E-state index in [0.29, 0.717) is 6.04 Å². The number of fused-ring (bicyclic) bond motifs is 1. The molecule has 1 atom stereocenters. The quantitative estimate of drug-likeness (QED) is 0.774. The van der Waals surface area contributed by atoms with E-state index in [0.717, 1.165) is 43.3 Å². The molecule has 0 unspecified atom stereocenters. The third-order valence-electron chi connectivity index (χ3n) is 4.60. The molecule has 4 rings (SSSR count). The molecular formula is C18H22N6.